The van der Waals surface area contributed by atoms with Crippen LogP contribution in [0.3, 0.4) is 0 Å². The van der Waals surface area contributed by atoms with Crippen molar-refractivity contribution in [1.29, 1.82) is 0 Å². The molecule has 1 aromatic carbocycles. The number of carbonyl (C=O) groups excluding carboxylic acids is 1. The normalized spacial score (nSPS) is 12.6. The maximum atomic E-state index is 11.8. The van der Waals surface area contributed by atoms with E-state index in [1.54, 1.807) is 12.1 Å². The first kappa shape index (κ1) is 14.3. The lowest BCUT2D eigenvalue weighted by Gasteiger charge is -2.14. The van der Waals surface area contributed by atoms with Crippen molar-refractivity contribution in [2.45, 2.75) is 26.1 Å². The van der Waals surface area contributed by atoms with Crippen LogP contribution in [0.5, 0.6) is 0 Å². The van der Waals surface area contributed by atoms with Crippen LogP contribution < -0.4 is 5.32 Å². The SMILES string of the molecule is Cc1ccc(C(=O)NCC(Cl)C(C)C)cc1Cl. The van der Waals surface area contributed by atoms with Crippen LogP contribution in [-0.2, 0) is 0 Å². The summed E-state index contributed by atoms with van der Waals surface area (Å²) < 4.78 is 0. The standard InChI is InChI=1S/C13H17Cl2NO/c1-8(2)12(15)7-16-13(17)10-5-4-9(3)11(14)6-10/h4-6,8,12H,7H2,1-3H3,(H,16,17). The van der Waals surface area contributed by atoms with Gasteiger partial charge in [-0.3, -0.25) is 4.79 Å². The van der Waals surface area contributed by atoms with Crippen molar-refractivity contribution in [3.05, 3.63) is 34.3 Å². The second-order valence-corrected chi connectivity index (χ2v) is 5.40. The largest absolute Gasteiger partial charge is 0.351 e. The molecule has 1 aromatic rings. The van der Waals surface area contributed by atoms with Gasteiger partial charge in [0.15, 0.2) is 0 Å². The molecule has 1 amide bonds. The first-order chi connectivity index (χ1) is 7.91. The van der Waals surface area contributed by atoms with Crippen LogP contribution in [0.2, 0.25) is 5.02 Å². The third-order valence-corrected chi connectivity index (χ3v) is 3.68. The third kappa shape index (κ3) is 4.21. The first-order valence-electron chi connectivity index (χ1n) is 5.60. The van der Waals surface area contributed by atoms with E-state index in [1.807, 2.05) is 26.8 Å². The van der Waals surface area contributed by atoms with Gasteiger partial charge in [-0.15, -0.1) is 11.6 Å². The Morgan fingerprint density at radius 3 is 2.59 bits per heavy atom. The number of alkyl halides is 1. The van der Waals surface area contributed by atoms with E-state index in [-0.39, 0.29) is 11.3 Å². The molecule has 0 saturated carbocycles. The molecule has 1 unspecified atom stereocenters. The fourth-order valence-electron chi connectivity index (χ4n) is 1.26. The second kappa shape index (κ2) is 6.27. The number of benzene rings is 1. The average molecular weight is 274 g/mol. The van der Waals surface area contributed by atoms with E-state index in [0.29, 0.717) is 23.0 Å². The summed E-state index contributed by atoms with van der Waals surface area (Å²) in [5.41, 5.74) is 1.52. The Kier molecular flexibility index (Phi) is 5.29. The van der Waals surface area contributed by atoms with Crippen molar-refractivity contribution in [3.8, 4) is 0 Å². The van der Waals surface area contributed by atoms with Crippen LogP contribution in [0.1, 0.15) is 29.8 Å². The average Bonchev–Trinajstić information content (AvgIpc) is 2.28. The maximum Gasteiger partial charge on any atom is 0.251 e. The zero-order chi connectivity index (χ0) is 13.0. The Morgan fingerprint density at radius 2 is 2.06 bits per heavy atom. The van der Waals surface area contributed by atoms with Crippen molar-refractivity contribution in [1.82, 2.24) is 5.32 Å². The number of rotatable bonds is 4. The molecule has 1 rings (SSSR count). The summed E-state index contributed by atoms with van der Waals surface area (Å²) in [6.07, 6.45) is 0. The summed E-state index contributed by atoms with van der Waals surface area (Å²) in [7, 11) is 0. The van der Waals surface area contributed by atoms with Gasteiger partial charge in [-0.25, -0.2) is 0 Å². The van der Waals surface area contributed by atoms with Crippen molar-refractivity contribution in [2.75, 3.05) is 6.54 Å². The third-order valence-electron chi connectivity index (χ3n) is 2.62. The number of halogens is 2. The molecule has 0 aliphatic rings. The minimum Gasteiger partial charge on any atom is -0.351 e. The summed E-state index contributed by atoms with van der Waals surface area (Å²) in [5, 5.41) is 3.34. The molecule has 2 nitrogen and oxygen atoms in total. The van der Waals surface area contributed by atoms with Gasteiger partial charge >= 0.3 is 0 Å². The van der Waals surface area contributed by atoms with Crippen LogP contribution in [0.15, 0.2) is 18.2 Å². The molecular weight excluding hydrogens is 257 g/mol. The lowest BCUT2D eigenvalue weighted by atomic mass is 10.1. The number of hydrogen-bond acceptors (Lipinski definition) is 1. The number of nitrogens with one attached hydrogen (secondary N) is 1. The fourth-order valence-corrected chi connectivity index (χ4v) is 1.52. The zero-order valence-electron chi connectivity index (χ0n) is 10.3. The Morgan fingerprint density at radius 1 is 1.41 bits per heavy atom. The smallest absolute Gasteiger partial charge is 0.251 e. The summed E-state index contributed by atoms with van der Waals surface area (Å²) in [6.45, 7) is 6.40. The van der Waals surface area contributed by atoms with Gasteiger partial charge in [-0.2, -0.15) is 0 Å². The highest BCUT2D eigenvalue weighted by atomic mass is 35.5. The van der Waals surface area contributed by atoms with Gasteiger partial charge in [-0.05, 0) is 30.5 Å². The van der Waals surface area contributed by atoms with Crippen molar-refractivity contribution < 1.29 is 4.79 Å². The Balaban J connectivity index is 2.61. The van der Waals surface area contributed by atoms with E-state index in [0.717, 1.165) is 5.56 Å². The van der Waals surface area contributed by atoms with Gasteiger partial charge in [0, 0.05) is 17.1 Å². The molecule has 4 heteroatoms. The second-order valence-electron chi connectivity index (χ2n) is 4.43. The molecule has 0 heterocycles. The number of aryl methyl sites for hydroxylation is 1. The van der Waals surface area contributed by atoms with Gasteiger partial charge in [0.05, 0.1) is 5.38 Å². The molecule has 0 radical (unpaired) electrons. The highest BCUT2D eigenvalue weighted by Gasteiger charge is 2.12. The van der Waals surface area contributed by atoms with Crippen molar-refractivity contribution >= 4 is 29.1 Å². The first-order valence-corrected chi connectivity index (χ1v) is 6.41. The van der Waals surface area contributed by atoms with E-state index in [4.69, 9.17) is 23.2 Å². The van der Waals surface area contributed by atoms with E-state index in [9.17, 15) is 4.79 Å². The minimum absolute atomic E-state index is 0.0557. The number of amides is 1. The molecule has 17 heavy (non-hydrogen) atoms. The Hall–Kier alpha value is -0.730. The minimum atomic E-state index is -0.141. The van der Waals surface area contributed by atoms with Crippen LogP contribution in [0.25, 0.3) is 0 Å². The molecule has 0 saturated heterocycles. The molecule has 0 bridgehead atoms. The number of hydrogen-bond donors (Lipinski definition) is 1. The molecule has 1 atom stereocenters. The molecule has 0 aliphatic heterocycles. The zero-order valence-corrected chi connectivity index (χ0v) is 11.8. The van der Waals surface area contributed by atoms with Crippen LogP contribution >= 0.6 is 23.2 Å². The van der Waals surface area contributed by atoms with Gasteiger partial charge in [0.1, 0.15) is 0 Å². The summed E-state index contributed by atoms with van der Waals surface area (Å²) in [4.78, 5) is 11.8. The monoisotopic (exact) mass is 273 g/mol. The van der Waals surface area contributed by atoms with E-state index < -0.39 is 0 Å². The molecule has 94 valence electrons. The maximum absolute atomic E-state index is 11.8. The Labute approximate surface area is 112 Å². The van der Waals surface area contributed by atoms with Crippen molar-refractivity contribution in [2.24, 2.45) is 5.92 Å². The van der Waals surface area contributed by atoms with Crippen LogP contribution in [0, 0.1) is 12.8 Å². The predicted octanol–water partition coefficient (Wildman–Crippen LogP) is 3.64. The summed E-state index contributed by atoms with van der Waals surface area (Å²) >= 11 is 12.0. The van der Waals surface area contributed by atoms with Crippen molar-refractivity contribution in [3.63, 3.8) is 0 Å². The molecule has 1 N–H and O–H groups in total. The van der Waals surface area contributed by atoms with Gasteiger partial charge < -0.3 is 5.32 Å². The number of carbonyl (C=O) groups is 1. The van der Waals surface area contributed by atoms with Crippen LogP contribution in [0.4, 0.5) is 0 Å². The van der Waals surface area contributed by atoms with Crippen LogP contribution in [-0.4, -0.2) is 17.8 Å². The predicted molar refractivity (Wildman–Crippen MR) is 73.0 cm³/mol. The molecule has 0 spiro atoms. The highest BCUT2D eigenvalue weighted by Crippen LogP contribution is 2.16. The van der Waals surface area contributed by atoms with E-state index in [2.05, 4.69) is 5.32 Å². The van der Waals surface area contributed by atoms with Gasteiger partial charge in [0.2, 0.25) is 0 Å². The molecule has 0 aliphatic carbocycles. The summed E-state index contributed by atoms with van der Waals surface area (Å²) in [6, 6.07) is 5.26. The topological polar surface area (TPSA) is 29.1 Å². The molecule has 0 aromatic heterocycles. The fraction of sp³-hybridized carbons (Fsp3) is 0.462. The quantitative estimate of drug-likeness (QED) is 0.834. The van der Waals surface area contributed by atoms with E-state index in [1.165, 1.54) is 0 Å². The highest BCUT2D eigenvalue weighted by molar-refractivity contribution is 6.31. The Bertz CT molecular complexity index is 404. The molecular formula is C13H17Cl2NO. The lowest BCUT2D eigenvalue weighted by Crippen LogP contribution is -2.31. The van der Waals surface area contributed by atoms with Gasteiger partial charge in [-0.1, -0.05) is 31.5 Å². The van der Waals surface area contributed by atoms with E-state index >= 15 is 0 Å². The molecule has 0 fully saturated rings. The lowest BCUT2D eigenvalue weighted by molar-refractivity contribution is 0.0952. The summed E-state index contributed by atoms with van der Waals surface area (Å²) in [5.74, 6) is 0.191. The van der Waals surface area contributed by atoms with Gasteiger partial charge in [0.25, 0.3) is 5.91 Å².